The second-order valence-corrected chi connectivity index (χ2v) is 14.2. The highest BCUT2D eigenvalue weighted by molar-refractivity contribution is 7.90. The standard InChI is InChI=1S/C31H37N5O3S2/c37-41(38,26-7-2-1-3-8-26)36-21-28(29-22-40-31(33-29)35-13-4-5-14-35)27-19-24(20-32-30(27)36)23-9-11-25(12-10-23)34-15-6-17-39-18-16-34/h1-3,7-8,19-23,25H,4-6,9-18H2. The summed E-state index contributed by atoms with van der Waals surface area (Å²) >= 11 is 1.63. The van der Waals surface area contributed by atoms with Crippen LogP contribution in [0.3, 0.4) is 0 Å². The largest absolute Gasteiger partial charge is 0.380 e. The van der Waals surface area contributed by atoms with E-state index in [1.807, 2.05) is 12.3 Å². The number of ether oxygens (including phenoxy) is 1. The third-order valence-corrected chi connectivity index (χ3v) is 11.6. The average Bonchev–Trinajstić information content (AvgIpc) is 3.74. The highest BCUT2D eigenvalue weighted by atomic mass is 32.2. The minimum absolute atomic E-state index is 0.252. The van der Waals surface area contributed by atoms with Crippen molar-refractivity contribution in [2.45, 2.75) is 61.8 Å². The van der Waals surface area contributed by atoms with Crippen LogP contribution in [-0.4, -0.2) is 72.7 Å². The molecule has 1 aromatic carbocycles. The van der Waals surface area contributed by atoms with E-state index in [-0.39, 0.29) is 4.90 Å². The van der Waals surface area contributed by atoms with E-state index >= 15 is 0 Å². The fourth-order valence-electron chi connectivity index (χ4n) is 6.76. The molecule has 0 unspecified atom stereocenters. The number of nitrogens with zero attached hydrogens (tertiary/aromatic N) is 5. The molecule has 0 bridgehead atoms. The van der Waals surface area contributed by atoms with Gasteiger partial charge in [0.2, 0.25) is 0 Å². The van der Waals surface area contributed by atoms with E-state index in [1.165, 1.54) is 35.2 Å². The van der Waals surface area contributed by atoms with E-state index in [0.29, 0.717) is 17.6 Å². The summed E-state index contributed by atoms with van der Waals surface area (Å²) in [6, 6.07) is 11.4. The number of benzene rings is 1. The number of anilines is 1. The molecule has 1 aliphatic carbocycles. The van der Waals surface area contributed by atoms with Crippen molar-refractivity contribution in [2.24, 2.45) is 0 Å². The van der Waals surface area contributed by atoms with Gasteiger partial charge in [0.15, 0.2) is 10.8 Å². The Kier molecular flexibility index (Phi) is 7.57. The Morgan fingerprint density at radius 3 is 2.54 bits per heavy atom. The first-order valence-electron chi connectivity index (χ1n) is 14.9. The summed E-state index contributed by atoms with van der Waals surface area (Å²) in [6.07, 6.45) is 11.7. The van der Waals surface area contributed by atoms with Gasteiger partial charge in [0, 0.05) is 67.6 Å². The third-order valence-electron chi connectivity index (χ3n) is 9.02. The van der Waals surface area contributed by atoms with Crippen molar-refractivity contribution in [3.8, 4) is 11.3 Å². The summed E-state index contributed by atoms with van der Waals surface area (Å²) in [7, 11) is -3.82. The van der Waals surface area contributed by atoms with Crippen LogP contribution >= 0.6 is 11.3 Å². The van der Waals surface area contributed by atoms with Gasteiger partial charge in [-0.3, -0.25) is 4.90 Å². The second kappa shape index (κ2) is 11.5. The molecular formula is C31H37N5O3S2. The molecule has 4 aromatic rings. The van der Waals surface area contributed by atoms with Crippen molar-refractivity contribution in [3.63, 3.8) is 0 Å². The van der Waals surface area contributed by atoms with Gasteiger partial charge >= 0.3 is 0 Å². The maximum absolute atomic E-state index is 13.8. The lowest BCUT2D eigenvalue weighted by Gasteiger charge is -2.36. The van der Waals surface area contributed by atoms with Crippen molar-refractivity contribution < 1.29 is 13.2 Å². The van der Waals surface area contributed by atoms with Crippen LogP contribution in [0, 0.1) is 0 Å². The highest BCUT2D eigenvalue weighted by Gasteiger charge is 2.29. The quantitative estimate of drug-likeness (QED) is 0.283. The van der Waals surface area contributed by atoms with Gasteiger partial charge in [0.25, 0.3) is 10.0 Å². The minimum atomic E-state index is -3.82. The zero-order valence-electron chi connectivity index (χ0n) is 23.3. The van der Waals surface area contributed by atoms with Gasteiger partial charge in [0.1, 0.15) is 0 Å². The van der Waals surface area contributed by atoms with Crippen LogP contribution in [0.2, 0.25) is 0 Å². The molecular weight excluding hydrogens is 555 g/mol. The van der Waals surface area contributed by atoms with Gasteiger partial charge in [-0.05, 0) is 74.6 Å². The monoisotopic (exact) mass is 591 g/mol. The van der Waals surface area contributed by atoms with Crippen LogP contribution in [0.5, 0.6) is 0 Å². The van der Waals surface area contributed by atoms with Gasteiger partial charge < -0.3 is 9.64 Å². The maximum Gasteiger partial charge on any atom is 0.269 e. The minimum Gasteiger partial charge on any atom is -0.380 e. The van der Waals surface area contributed by atoms with Crippen molar-refractivity contribution in [1.29, 1.82) is 0 Å². The van der Waals surface area contributed by atoms with Crippen LogP contribution in [0.4, 0.5) is 5.13 Å². The lowest BCUT2D eigenvalue weighted by molar-refractivity contribution is 0.118. The molecule has 2 aliphatic heterocycles. The molecule has 1 saturated carbocycles. The molecule has 0 radical (unpaired) electrons. The van der Waals surface area contributed by atoms with Crippen LogP contribution in [0.15, 0.2) is 59.1 Å². The lowest BCUT2D eigenvalue weighted by atomic mass is 9.81. The van der Waals surface area contributed by atoms with Crippen LogP contribution in [0.1, 0.15) is 56.4 Å². The lowest BCUT2D eigenvalue weighted by Crippen LogP contribution is -2.39. The smallest absolute Gasteiger partial charge is 0.269 e. The van der Waals surface area contributed by atoms with E-state index in [0.717, 1.165) is 80.4 Å². The Hall–Kier alpha value is -2.79. The first-order chi connectivity index (χ1) is 20.1. The van der Waals surface area contributed by atoms with Crippen LogP contribution in [-0.2, 0) is 14.8 Å². The number of hydrogen-bond acceptors (Lipinski definition) is 8. The molecule has 216 valence electrons. The van der Waals surface area contributed by atoms with Gasteiger partial charge in [-0.2, -0.15) is 0 Å². The zero-order chi connectivity index (χ0) is 27.8. The molecule has 5 heterocycles. The maximum atomic E-state index is 13.8. The molecule has 7 rings (SSSR count). The van der Waals surface area contributed by atoms with Crippen molar-refractivity contribution >= 4 is 37.5 Å². The number of thiazole rings is 1. The van der Waals surface area contributed by atoms with Crippen LogP contribution in [0.25, 0.3) is 22.3 Å². The molecule has 0 atom stereocenters. The summed E-state index contributed by atoms with van der Waals surface area (Å²) in [5.41, 5.74) is 3.30. The fourth-order valence-corrected chi connectivity index (χ4v) is 8.98. The predicted molar refractivity (Wildman–Crippen MR) is 163 cm³/mol. The van der Waals surface area contributed by atoms with Gasteiger partial charge in [0.05, 0.1) is 17.2 Å². The summed E-state index contributed by atoms with van der Waals surface area (Å²) in [5, 5.41) is 3.92. The normalized spacial score (nSPS) is 22.8. The molecule has 3 aromatic heterocycles. The molecule has 3 fully saturated rings. The van der Waals surface area contributed by atoms with Gasteiger partial charge in [-0.25, -0.2) is 22.4 Å². The SMILES string of the molecule is O=S(=O)(c1ccccc1)n1cc(-c2csc(N3CCCC3)n2)c2cc(C3CCC(N4CCCOCC4)CC3)cnc21. The average molecular weight is 592 g/mol. The summed E-state index contributed by atoms with van der Waals surface area (Å²) < 4.78 is 34.6. The molecule has 8 nitrogen and oxygen atoms in total. The molecule has 10 heteroatoms. The summed E-state index contributed by atoms with van der Waals surface area (Å²) in [5.74, 6) is 0.420. The molecule has 0 N–H and O–H groups in total. The van der Waals surface area contributed by atoms with Gasteiger partial charge in [-0.1, -0.05) is 18.2 Å². The van der Waals surface area contributed by atoms with Crippen molar-refractivity contribution in [2.75, 3.05) is 44.3 Å². The number of fused-ring (bicyclic) bond motifs is 1. The zero-order valence-corrected chi connectivity index (χ0v) is 25.0. The van der Waals surface area contributed by atoms with E-state index in [1.54, 1.807) is 41.8 Å². The molecule has 41 heavy (non-hydrogen) atoms. The number of rotatable bonds is 6. The Balaban J connectivity index is 1.23. The van der Waals surface area contributed by atoms with E-state index in [4.69, 9.17) is 14.7 Å². The Labute approximate surface area is 246 Å². The topological polar surface area (TPSA) is 80.6 Å². The number of aromatic nitrogens is 3. The molecule has 2 saturated heterocycles. The number of hydrogen-bond donors (Lipinski definition) is 0. The fraction of sp³-hybridized carbons (Fsp3) is 0.484. The second-order valence-electron chi connectivity index (χ2n) is 11.5. The summed E-state index contributed by atoms with van der Waals surface area (Å²) in [4.78, 5) is 15.0. The Bertz CT molecular complexity index is 1600. The predicted octanol–water partition coefficient (Wildman–Crippen LogP) is 5.75. The first-order valence-corrected chi connectivity index (χ1v) is 17.2. The third kappa shape index (κ3) is 5.31. The summed E-state index contributed by atoms with van der Waals surface area (Å²) in [6.45, 7) is 5.91. The van der Waals surface area contributed by atoms with Crippen molar-refractivity contribution in [3.05, 3.63) is 59.7 Å². The van der Waals surface area contributed by atoms with Gasteiger partial charge in [-0.15, -0.1) is 11.3 Å². The van der Waals surface area contributed by atoms with Crippen LogP contribution < -0.4 is 4.90 Å². The van der Waals surface area contributed by atoms with Crippen molar-refractivity contribution in [1.82, 2.24) is 18.8 Å². The number of pyridine rings is 1. The highest BCUT2D eigenvalue weighted by Crippen LogP contribution is 2.39. The van der Waals surface area contributed by atoms with E-state index in [9.17, 15) is 8.42 Å². The Morgan fingerprint density at radius 1 is 0.927 bits per heavy atom. The first kappa shape index (κ1) is 27.1. The van der Waals surface area contributed by atoms with E-state index in [2.05, 4.69) is 21.2 Å². The molecule has 3 aliphatic rings. The molecule has 0 spiro atoms. The molecule has 0 amide bonds. The Morgan fingerprint density at radius 2 is 1.73 bits per heavy atom. The van der Waals surface area contributed by atoms with E-state index < -0.39 is 10.0 Å².